The summed E-state index contributed by atoms with van der Waals surface area (Å²) in [6, 6.07) is 7.63. The first kappa shape index (κ1) is 16.1. The van der Waals surface area contributed by atoms with Crippen molar-refractivity contribution in [3.05, 3.63) is 36.0 Å². The maximum Gasteiger partial charge on any atom is 0.289 e. The fourth-order valence-corrected chi connectivity index (χ4v) is 4.02. The molecule has 2 aromatic rings. The lowest BCUT2D eigenvalue weighted by Crippen LogP contribution is -2.23. The van der Waals surface area contributed by atoms with Gasteiger partial charge in [-0.1, -0.05) is 38.3 Å². The average molecular weight is 330 g/mol. The molecule has 1 fully saturated rings. The zero-order valence-electron chi connectivity index (χ0n) is 13.6. The molecule has 1 aliphatic rings. The number of fused-ring (bicyclic) bond motifs is 1. The minimum atomic E-state index is -0.466. The molecule has 1 atom stereocenters. The molecule has 3 rings (SSSR count). The summed E-state index contributed by atoms with van der Waals surface area (Å²) in [5.74, 6) is 0. The predicted molar refractivity (Wildman–Crippen MR) is 94.6 cm³/mol. The number of thioether (sulfide) groups is 1. The summed E-state index contributed by atoms with van der Waals surface area (Å²) in [5, 5.41) is 0.820. The minimum absolute atomic E-state index is 0.0827. The highest BCUT2D eigenvalue weighted by Gasteiger charge is 2.39. The van der Waals surface area contributed by atoms with E-state index in [0.717, 1.165) is 34.8 Å². The van der Waals surface area contributed by atoms with E-state index in [2.05, 4.69) is 29.8 Å². The number of aromatic nitrogens is 1. The Morgan fingerprint density at radius 2 is 1.96 bits per heavy atom. The van der Waals surface area contributed by atoms with E-state index in [1.54, 1.807) is 11.9 Å². The zero-order valence-corrected chi connectivity index (χ0v) is 14.4. The molecule has 1 amide bonds. The largest absolute Gasteiger partial charge is 0.347 e. The summed E-state index contributed by atoms with van der Waals surface area (Å²) < 4.78 is 2.25. The van der Waals surface area contributed by atoms with Crippen molar-refractivity contribution in [2.75, 3.05) is 7.05 Å². The molecule has 1 saturated heterocycles. The number of likely N-dealkylation sites (N-methyl/N-ethyl adjacent to an activating group) is 1. The lowest BCUT2D eigenvalue weighted by Gasteiger charge is -2.18. The number of amides is 1. The van der Waals surface area contributed by atoms with E-state index in [1.807, 2.05) is 12.1 Å². The lowest BCUT2D eigenvalue weighted by molar-refractivity contribution is -0.113. The van der Waals surface area contributed by atoms with Crippen LogP contribution >= 0.6 is 11.8 Å². The monoisotopic (exact) mass is 330 g/mol. The van der Waals surface area contributed by atoms with E-state index in [0.29, 0.717) is 0 Å². The summed E-state index contributed by atoms with van der Waals surface area (Å²) >= 11 is 0.807. The summed E-state index contributed by atoms with van der Waals surface area (Å²) in [6.45, 7) is 3.21. The number of hydrogen-bond acceptors (Lipinski definition) is 3. The van der Waals surface area contributed by atoms with Crippen molar-refractivity contribution in [2.45, 2.75) is 45.2 Å². The quantitative estimate of drug-likeness (QED) is 0.728. The number of aryl methyl sites for hydroxylation is 1. The molecule has 0 N–H and O–H groups in total. The van der Waals surface area contributed by atoms with Gasteiger partial charge in [-0.3, -0.25) is 9.59 Å². The van der Waals surface area contributed by atoms with Crippen LogP contribution in [0.1, 0.15) is 44.2 Å². The number of carbonyl (C=O) groups excluding carboxylic acids is 2. The van der Waals surface area contributed by atoms with Crippen LogP contribution in [0, 0.1) is 0 Å². The first-order valence-electron chi connectivity index (χ1n) is 8.19. The van der Waals surface area contributed by atoms with E-state index in [9.17, 15) is 9.59 Å². The maximum absolute atomic E-state index is 12.2. The number of benzene rings is 1. The molecule has 0 spiro atoms. The molecule has 4 nitrogen and oxygen atoms in total. The van der Waals surface area contributed by atoms with Crippen LogP contribution < -0.4 is 0 Å². The third-order valence-corrected chi connectivity index (χ3v) is 5.37. The molecule has 0 bridgehead atoms. The predicted octanol–water partition coefficient (Wildman–Crippen LogP) is 4.59. The third kappa shape index (κ3) is 3.02. The van der Waals surface area contributed by atoms with E-state index in [4.69, 9.17) is 0 Å². The highest BCUT2D eigenvalue weighted by atomic mass is 32.2. The van der Waals surface area contributed by atoms with E-state index in [-0.39, 0.29) is 10.4 Å². The van der Waals surface area contributed by atoms with Gasteiger partial charge in [-0.15, -0.1) is 0 Å². The molecule has 2 heterocycles. The van der Waals surface area contributed by atoms with Gasteiger partial charge in [0.2, 0.25) is 5.12 Å². The standard InChI is InChI=1S/C18H22N2O2S/c1-3-4-5-6-11-20-12-10-13-14(8-7-9-15(13)20)16-17(21)23-18(22)19(16)2/h7-10,12,16H,3-6,11H2,1-2H3. The van der Waals surface area contributed by atoms with Crippen LogP contribution in [0.5, 0.6) is 0 Å². The van der Waals surface area contributed by atoms with Gasteiger partial charge in [-0.2, -0.15) is 0 Å². The van der Waals surface area contributed by atoms with Crippen molar-refractivity contribution in [3.63, 3.8) is 0 Å². The van der Waals surface area contributed by atoms with Gasteiger partial charge in [0.15, 0.2) is 0 Å². The molecule has 0 saturated carbocycles. The molecule has 122 valence electrons. The number of carbonyl (C=O) groups is 2. The molecular formula is C18H22N2O2S. The highest BCUT2D eigenvalue weighted by Crippen LogP contribution is 2.38. The van der Waals surface area contributed by atoms with Crippen molar-refractivity contribution in [1.82, 2.24) is 9.47 Å². The Kier molecular flexibility index (Phi) is 4.76. The number of unbranched alkanes of at least 4 members (excludes halogenated alkanes) is 3. The summed E-state index contributed by atoms with van der Waals surface area (Å²) in [4.78, 5) is 25.5. The summed E-state index contributed by atoms with van der Waals surface area (Å²) in [5.41, 5.74) is 2.07. The molecule has 0 radical (unpaired) electrons. The van der Waals surface area contributed by atoms with E-state index in [1.165, 1.54) is 25.7 Å². The van der Waals surface area contributed by atoms with Crippen molar-refractivity contribution < 1.29 is 9.59 Å². The van der Waals surface area contributed by atoms with Crippen LogP contribution in [0.4, 0.5) is 4.79 Å². The van der Waals surface area contributed by atoms with Gasteiger partial charge in [0.25, 0.3) is 5.24 Å². The topological polar surface area (TPSA) is 42.3 Å². The van der Waals surface area contributed by atoms with Crippen LogP contribution in [0.2, 0.25) is 0 Å². The van der Waals surface area contributed by atoms with Crippen LogP contribution in [-0.2, 0) is 11.3 Å². The number of rotatable bonds is 6. The van der Waals surface area contributed by atoms with Gasteiger partial charge in [0, 0.05) is 42.5 Å². The van der Waals surface area contributed by atoms with Crippen LogP contribution in [-0.4, -0.2) is 26.9 Å². The normalized spacial score (nSPS) is 18.3. The summed E-state index contributed by atoms with van der Waals surface area (Å²) in [7, 11) is 1.70. The van der Waals surface area contributed by atoms with E-state index >= 15 is 0 Å². The Bertz CT molecular complexity index is 738. The average Bonchev–Trinajstić information content (AvgIpc) is 3.06. The Morgan fingerprint density at radius 3 is 2.65 bits per heavy atom. The fourth-order valence-electron chi connectivity index (χ4n) is 3.20. The molecular weight excluding hydrogens is 308 g/mol. The molecule has 1 unspecified atom stereocenters. The molecule has 1 aliphatic heterocycles. The Morgan fingerprint density at radius 1 is 1.13 bits per heavy atom. The zero-order chi connectivity index (χ0) is 16.4. The van der Waals surface area contributed by atoms with Gasteiger partial charge >= 0.3 is 0 Å². The van der Waals surface area contributed by atoms with Crippen molar-refractivity contribution >= 4 is 33.0 Å². The van der Waals surface area contributed by atoms with E-state index < -0.39 is 6.04 Å². The fraction of sp³-hybridized carbons (Fsp3) is 0.444. The smallest absolute Gasteiger partial charge is 0.289 e. The molecule has 1 aromatic carbocycles. The minimum Gasteiger partial charge on any atom is -0.347 e. The second-order valence-corrected chi connectivity index (χ2v) is 7.01. The van der Waals surface area contributed by atoms with Crippen LogP contribution in [0.3, 0.4) is 0 Å². The van der Waals surface area contributed by atoms with Gasteiger partial charge in [0.05, 0.1) is 0 Å². The van der Waals surface area contributed by atoms with Gasteiger partial charge < -0.3 is 9.47 Å². The Balaban J connectivity index is 1.90. The second kappa shape index (κ2) is 6.79. The van der Waals surface area contributed by atoms with Crippen molar-refractivity contribution in [3.8, 4) is 0 Å². The molecule has 1 aromatic heterocycles. The number of hydrogen-bond donors (Lipinski definition) is 0. The van der Waals surface area contributed by atoms with Crippen molar-refractivity contribution in [2.24, 2.45) is 0 Å². The first-order valence-corrected chi connectivity index (χ1v) is 9.01. The van der Waals surface area contributed by atoms with Crippen molar-refractivity contribution in [1.29, 1.82) is 0 Å². The third-order valence-electron chi connectivity index (χ3n) is 4.48. The Labute approximate surface area is 140 Å². The highest BCUT2D eigenvalue weighted by molar-refractivity contribution is 8.26. The lowest BCUT2D eigenvalue weighted by atomic mass is 10.0. The molecule has 23 heavy (non-hydrogen) atoms. The second-order valence-electron chi connectivity index (χ2n) is 6.05. The number of nitrogens with zero attached hydrogens (tertiary/aromatic N) is 2. The van der Waals surface area contributed by atoms with Crippen LogP contribution in [0.25, 0.3) is 10.9 Å². The SMILES string of the molecule is CCCCCCn1ccc2c(C3C(=O)SC(=O)N3C)cccc21. The van der Waals surface area contributed by atoms with Crippen LogP contribution in [0.15, 0.2) is 30.5 Å². The van der Waals surface area contributed by atoms with Gasteiger partial charge in [-0.05, 0) is 24.1 Å². The first-order chi connectivity index (χ1) is 11.1. The van der Waals surface area contributed by atoms with Gasteiger partial charge in [-0.25, -0.2) is 0 Å². The summed E-state index contributed by atoms with van der Waals surface area (Å²) in [6.07, 6.45) is 7.00. The molecule has 0 aliphatic carbocycles. The van der Waals surface area contributed by atoms with Gasteiger partial charge in [0.1, 0.15) is 6.04 Å². The molecule has 5 heteroatoms. The Hall–Kier alpha value is -1.75. The maximum atomic E-state index is 12.2.